The molecule has 0 spiro atoms. The number of hydrogen-bond donors (Lipinski definition) is 1. The van der Waals surface area contributed by atoms with E-state index in [4.69, 9.17) is 9.15 Å². The fourth-order valence-electron chi connectivity index (χ4n) is 1.10. The minimum Gasteiger partial charge on any atom is -0.444 e. The summed E-state index contributed by atoms with van der Waals surface area (Å²) in [5.74, 6) is 1.17. The molecule has 0 unspecified atom stereocenters. The molecule has 0 saturated heterocycles. The largest absolute Gasteiger partial charge is 0.444 e. The molecule has 1 heterocycles. The molecule has 1 amide bonds. The van der Waals surface area contributed by atoms with Crippen LogP contribution < -0.4 is 5.32 Å². The second-order valence-electron chi connectivity index (χ2n) is 4.75. The molecule has 17 heavy (non-hydrogen) atoms. The van der Waals surface area contributed by atoms with Crippen molar-refractivity contribution in [2.75, 3.05) is 6.61 Å². The number of rotatable bonds is 5. The van der Waals surface area contributed by atoms with Gasteiger partial charge in [-0.1, -0.05) is 6.92 Å². The van der Waals surface area contributed by atoms with E-state index < -0.39 is 0 Å². The maximum absolute atomic E-state index is 11.4. The number of aryl methyl sites for hydroxylation is 1. The van der Waals surface area contributed by atoms with Gasteiger partial charge in [-0.25, -0.2) is 4.98 Å². The average molecular weight is 240 g/mol. The highest BCUT2D eigenvalue weighted by Gasteiger charge is 2.13. The highest BCUT2D eigenvalue weighted by molar-refractivity contribution is 5.77. The van der Waals surface area contributed by atoms with Gasteiger partial charge in [-0.15, -0.1) is 0 Å². The first-order valence-corrected chi connectivity index (χ1v) is 5.75. The van der Waals surface area contributed by atoms with E-state index in [0.29, 0.717) is 12.4 Å². The lowest BCUT2D eigenvalue weighted by molar-refractivity contribution is -0.130. The fraction of sp³-hybridized carbons (Fsp3) is 0.667. The molecule has 1 aromatic rings. The van der Waals surface area contributed by atoms with Crippen molar-refractivity contribution in [3.63, 3.8) is 0 Å². The number of amides is 1. The molecular formula is C12H20N2O3. The predicted molar refractivity (Wildman–Crippen MR) is 63.4 cm³/mol. The van der Waals surface area contributed by atoms with Crippen molar-refractivity contribution in [2.24, 2.45) is 0 Å². The van der Waals surface area contributed by atoms with Crippen molar-refractivity contribution < 1.29 is 13.9 Å². The number of hydrogen-bond acceptors (Lipinski definition) is 4. The minimum absolute atomic E-state index is 0.0465. The molecule has 0 fully saturated rings. The monoisotopic (exact) mass is 240 g/mol. The zero-order valence-corrected chi connectivity index (χ0v) is 10.9. The van der Waals surface area contributed by atoms with Gasteiger partial charge in [0.2, 0.25) is 11.8 Å². The summed E-state index contributed by atoms with van der Waals surface area (Å²) in [4.78, 5) is 15.5. The van der Waals surface area contributed by atoms with Gasteiger partial charge in [0.25, 0.3) is 0 Å². The molecule has 0 radical (unpaired) electrons. The minimum atomic E-state index is -0.310. The molecule has 0 aliphatic heterocycles. The third-order valence-electron chi connectivity index (χ3n) is 2.02. The molecule has 1 aromatic heterocycles. The third-order valence-corrected chi connectivity index (χ3v) is 2.02. The van der Waals surface area contributed by atoms with Crippen molar-refractivity contribution in [1.82, 2.24) is 10.3 Å². The van der Waals surface area contributed by atoms with E-state index in [0.717, 1.165) is 12.2 Å². The van der Waals surface area contributed by atoms with Gasteiger partial charge in [0.1, 0.15) is 12.4 Å². The second kappa shape index (κ2) is 5.82. The van der Waals surface area contributed by atoms with Crippen LogP contribution >= 0.6 is 0 Å². The highest BCUT2D eigenvalue weighted by Crippen LogP contribution is 2.06. The van der Waals surface area contributed by atoms with E-state index in [1.807, 2.05) is 27.7 Å². The van der Waals surface area contributed by atoms with E-state index in [9.17, 15) is 4.79 Å². The van der Waals surface area contributed by atoms with Gasteiger partial charge in [-0.2, -0.15) is 0 Å². The molecule has 5 heteroatoms. The number of ether oxygens (including phenoxy) is 1. The Morgan fingerprint density at radius 2 is 2.24 bits per heavy atom. The average Bonchev–Trinajstić information content (AvgIpc) is 2.70. The molecule has 0 saturated carbocycles. The number of carbonyl (C=O) groups is 1. The van der Waals surface area contributed by atoms with Crippen molar-refractivity contribution >= 4 is 5.91 Å². The van der Waals surface area contributed by atoms with Crippen LogP contribution in [0.15, 0.2) is 10.6 Å². The number of nitrogens with zero attached hydrogens (tertiary/aromatic N) is 1. The van der Waals surface area contributed by atoms with E-state index in [2.05, 4.69) is 10.3 Å². The lowest BCUT2D eigenvalue weighted by Gasteiger charge is -2.18. The van der Waals surface area contributed by atoms with E-state index in [1.54, 1.807) is 6.20 Å². The highest BCUT2D eigenvalue weighted by atomic mass is 16.5. The molecular weight excluding hydrogens is 220 g/mol. The molecule has 0 atom stereocenters. The fourth-order valence-corrected chi connectivity index (χ4v) is 1.10. The topological polar surface area (TPSA) is 64.4 Å². The summed E-state index contributed by atoms with van der Waals surface area (Å²) in [7, 11) is 0. The number of nitrogens with one attached hydrogen (secondary N) is 1. The summed E-state index contributed by atoms with van der Waals surface area (Å²) in [5, 5.41) is 2.69. The van der Waals surface area contributed by atoms with Crippen LogP contribution in [-0.4, -0.2) is 23.1 Å². The molecule has 0 aromatic carbocycles. The van der Waals surface area contributed by atoms with Gasteiger partial charge in [0.15, 0.2) is 0 Å². The van der Waals surface area contributed by atoms with Crippen LogP contribution in [0.3, 0.4) is 0 Å². The molecule has 1 rings (SSSR count). The Kier molecular flexibility index (Phi) is 4.69. The van der Waals surface area contributed by atoms with Gasteiger partial charge < -0.3 is 14.5 Å². The Hall–Kier alpha value is -1.36. The number of carbonyl (C=O) groups excluding carboxylic acids is 1. The molecule has 0 bridgehead atoms. The van der Waals surface area contributed by atoms with Crippen molar-refractivity contribution in [3.05, 3.63) is 17.8 Å². The van der Waals surface area contributed by atoms with E-state index in [-0.39, 0.29) is 18.1 Å². The van der Waals surface area contributed by atoms with Crippen LogP contribution in [-0.2, 0) is 22.5 Å². The van der Waals surface area contributed by atoms with Crippen molar-refractivity contribution in [1.29, 1.82) is 0 Å². The van der Waals surface area contributed by atoms with Crippen LogP contribution in [0.1, 0.15) is 39.3 Å². The van der Waals surface area contributed by atoms with Crippen LogP contribution in [0.25, 0.3) is 0 Å². The molecule has 0 aliphatic carbocycles. The smallest absolute Gasteiger partial charge is 0.246 e. The molecule has 5 nitrogen and oxygen atoms in total. The molecule has 0 aliphatic rings. The summed E-state index contributed by atoms with van der Waals surface area (Å²) < 4.78 is 10.7. The lowest BCUT2D eigenvalue weighted by Crippen LogP contribution is -2.31. The van der Waals surface area contributed by atoms with Gasteiger partial charge in [0.05, 0.1) is 18.3 Å². The van der Waals surface area contributed by atoms with Crippen molar-refractivity contribution in [2.45, 2.75) is 46.3 Å². The zero-order chi connectivity index (χ0) is 12.9. The summed E-state index contributed by atoms with van der Waals surface area (Å²) in [6, 6.07) is 0. The predicted octanol–water partition coefficient (Wildman–Crippen LogP) is 1.67. The van der Waals surface area contributed by atoms with Crippen LogP contribution in [0.5, 0.6) is 0 Å². The van der Waals surface area contributed by atoms with E-state index >= 15 is 0 Å². The van der Waals surface area contributed by atoms with Crippen LogP contribution in [0.4, 0.5) is 0 Å². The normalized spacial score (nSPS) is 11.5. The van der Waals surface area contributed by atoms with E-state index in [1.165, 1.54) is 0 Å². The number of oxazole rings is 1. The first kappa shape index (κ1) is 13.7. The zero-order valence-electron chi connectivity index (χ0n) is 10.9. The standard InChI is InChI=1S/C12H20N2O3/c1-5-9-6-14-11(17-9)7-13-10(15)8-16-12(2,3)4/h6H,5,7-8H2,1-4H3,(H,13,15). The summed E-state index contributed by atoms with van der Waals surface area (Å²) >= 11 is 0. The Balaban J connectivity index is 2.28. The van der Waals surface area contributed by atoms with Gasteiger partial charge in [0, 0.05) is 6.42 Å². The maximum Gasteiger partial charge on any atom is 0.246 e. The summed E-state index contributed by atoms with van der Waals surface area (Å²) in [5.41, 5.74) is -0.310. The Morgan fingerprint density at radius 3 is 2.76 bits per heavy atom. The Labute approximate surface area is 102 Å². The van der Waals surface area contributed by atoms with Gasteiger partial charge in [-0.05, 0) is 20.8 Å². The number of aromatic nitrogens is 1. The second-order valence-corrected chi connectivity index (χ2v) is 4.75. The lowest BCUT2D eigenvalue weighted by atomic mass is 10.2. The Bertz CT molecular complexity index is 366. The molecule has 1 N–H and O–H groups in total. The summed E-state index contributed by atoms with van der Waals surface area (Å²) in [6.07, 6.45) is 2.47. The van der Waals surface area contributed by atoms with Gasteiger partial charge >= 0.3 is 0 Å². The summed E-state index contributed by atoms with van der Waals surface area (Å²) in [6.45, 7) is 8.04. The Morgan fingerprint density at radius 1 is 1.53 bits per heavy atom. The first-order chi connectivity index (χ1) is 7.90. The SMILES string of the molecule is CCc1cnc(CNC(=O)COC(C)(C)C)o1. The molecule has 96 valence electrons. The van der Waals surface area contributed by atoms with Gasteiger partial charge in [-0.3, -0.25) is 4.79 Å². The first-order valence-electron chi connectivity index (χ1n) is 5.75. The quantitative estimate of drug-likeness (QED) is 0.850. The van der Waals surface area contributed by atoms with Crippen molar-refractivity contribution in [3.8, 4) is 0 Å². The third kappa shape index (κ3) is 5.49. The van der Waals surface area contributed by atoms with Crippen LogP contribution in [0.2, 0.25) is 0 Å². The maximum atomic E-state index is 11.4. The van der Waals surface area contributed by atoms with Crippen LogP contribution in [0, 0.1) is 0 Å².